The van der Waals surface area contributed by atoms with Crippen molar-refractivity contribution < 1.29 is 22.7 Å². The molecular weight excluding hydrogens is 265 g/mol. The van der Waals surface area contributed by atoms with E-state index in [1.165, 1.54) is 23.0 Å². The van der Waals surface area contributed by atoms with E-state index in [1.807, 2.05) is 0 Å². The molecule has 9 heteroatoms. The maximum Gasteiger partial charge on any atom is 0.573 e. The van der Waals surface area contributed by atoms with E-state index in [9.17, 15) is 18.0 Å². The molecule has 19 heavy (non-hydrogen) atoms. The summed E-state index contributed by atoms with van der Waals surface area (Å²) in [7, 11) is 0. The molecule has 1 heterocycles. The quantitative estimate of drug-likeness (QED) is 0.911. The van der Waals surface area contributed by atoms with E-state index in [4.69, 9.17) is 5.73 Å². The van der Waals surface area contributed by atoms with Crippen LogP contribution in [0, 0.1) is 0 Å². The number of carbonyl (C=O) groups is 1. The molecule has 2 rings (SSSR count). The molecule has 0 saturated carbocycles. The van der Waals surface area contributed by atoms with Gasteiger partial charge in [0.25, 0.3) is 5.91 Å². The van der Waals surface area contributed by atoms with Gasteiger partial charge in [-0.25, -0.2) is 4.68 Å². The lowest BCUT2D eigenvalue weighted by Crippen LogP contribution is -2.17. The Balaban J connectivity index is 2.20. The van der Waals surface area contributed by atoms with Crippen molar-refractivity contribution in [2.45, 2.75) is 6.36 Å². The minimum absolute atomic E-state index is 0.0457. The third-order valence-electron chi connectivity index (χ3n) is 2.08. The molecule has 0 spiro atoms. The van der Waals surface area contributed by atoms with Gasteiger partial charge >= 0.3 is 6.36 Å². The molecule has 1 aromatic heterocycles. The largest absolute Gasteiger partial charge is 0.573 e. The minimum atomic E-state index is -4.74. The van der Waals surface area contributed by atoms with Crippen LogP contribution in [-0.4, -0.2) is 27.3 Å². The Hall–Kier alpha value is -2.58. The van der Waals surface area contributed by atoms with Gasteiger partial charge in [0.1, 0.15) is 5.75 Å². The summed E-state index contributed by atoms with van der Waals surface area (Å²) in [5, 5.41) is 7.12. The maximum absolute atomic E-state index is 12.0. The fourth-order valence-corrected chi connectivity index (χ4v) is 1.30. The molecule has 2 N–H and O–H groups in total. The van der Waals surface area contributed by atoms with Crippen LogP contribution in [0.1, 0.15) is 10.5 Å². The molecule has 0 aliphatic carbocycles. The molecule has 1 amide bonds. The van der Waals surface area contributed by atoms with Crippen molar-refractivity contribution in [3.05, 3.63) is 36.2 Å². The van der Waals surface area contributed by atoms with Gasteiger partial charge in [-0.15, -0.1) is 18.3 Å². The van der Waals surface area contributed by atoms with E-state index >= 15 is 0 Å². The number of aromatic nitrogens is 3. The molecule has 6 nitrogen and oxygen atoms in total. The Labute approximate surface area is 104 Å². The monoisotopic (exact) mass is 272 g/mol. The lowest BCUT2D eigenvalue weighted by molar-refractivity contribution is -0.274. The van der Waals surface area contributed by atoms with Gasteiger partial charge in [-0.1, -0.05) is 5.21 Å². The average molecular weight is 272 g/mol. The second kappa shape index (κ2) is 4.59. The van der Waals surface area contributed by atoms with Crippen LogP contribution in [0.25, 0.3) is 5.69 Å². The number of hydrogen-bond donors (Lipinski definition) is 1. The van der Waals surface area contributed by atoms with Crippen molar-refractivity contribution >= 4 is 5.91 Å². The molecule has 0 fully saturated rings. The molecule has 0 unspecified atom stereocenters. The number of carbonyl (C=O) groups excluding carboxylic acids is 1. The summed E-state index contributed by atoms with van der Waals surface area (Å²) >= 11 is 0. The normalized spacial score (nSPS) is 11.3. The van der Waals surface area contributed by atoms with Crippen LogP contribution in [-0.2, 0) is 0 Å². The Bertz CT molecular complexity index is 592. The van der Waals surface area contributed by atoms with Crippen LogP contribution in [0.3, 0.4) is 0 Å². The number of primary amides is 1. The van der Waals surface area contributed by atoms with Gasteiger partial charge < -0.3 is 10.5 Å². The first-order valence-corrected chi connectivity index (χ1v) is 4.93. The lowest BCUT2D eigenvalue weighted by Gasteiger charge is -2.08. The van der Waals surface area contributed by atoms with Crippen molar-refractivity contribution in [2.75, 3.05) is 0 Å². The van der Waals surface area contributed by atoms with Gasteiger partial charge in [0.05, 0.1) is 11.9 Å². The van der Waals surface area contributed by atoms with Crippen LogP contribution in [0.4, 0.5) is 13.2 Å². The SMILES string of the molecule is NC(=O)c1cn(-c2ccc(OC(F)(F)F)cc2)nn1. The van der Waals surface area contributed by atoms with Crippen LogP contribution >= 0.6 is 0 Å². The number of alkyl halides is 3. The maximum atomic E-state index is 12.0. The number of ether oxygens (including phenoxy) is 1. The first-order valence-electron chi connectivity index (χ1n) is 4.93. The van der Waals surface area contributed by atoms with E-state index in [2.05, 4.69) is 15.0 Å². The van der Waals surface area contributed by atoms with E-state index in [1.54, 1.807) is 0 Å². The second-order valence-corrected chi connectivity index (χ2v) is 3.45. The standard InChI is InChI=1S/C10H7F3N4O2/c11-10(12,13)19-7-3-1-6(2-4-7)17-5-8(9(14)18)15-16-17/h1-5H,(H2,14,18). The van der Waals surface area contributed by atoms with Crippen molar-refractivity contribution in [1.29, 1.82) is 0 Å². The number of rotatable bonds is 3. The summed E-state index contributed by atoms with van der Waals surface area (Å²) in [6, 6.07) is 4.91. The van der Waals surface area contributed by atoms with Gasteiger partial charge in [-0.2, -0.15) is 0 Å². The molecule has 1 aromatic carbocycles. The lowest BCUT2D eigenvalue weighted by atomic mass is 10.3. The highest BCUT2D eigenvalue weighted by Crippen LogP contribution is 2.23. The summed E-state index contributed by atoms with van der Waals surface area (Å²) in [5.41, 5.74) is 5.36. The number of nitrogens with zero attached hydrogens (tertiary/aromatic N) is 3. The Morgan fingerprint density at radius 2 is 1.89 bits per heavy atom. The number of hydrogen-bond acceptors (Lipinski definition) is 4. The van der Waals surface area contributed by atoms with Crippen LogP contribution in [0.2, 0.25) is 0 Å². The van der Waals surface area contributed by atoms with Crippen LogP contribution in [0.5, 0.6) is 5.75 Å². The topological polar surface area (TPSA) is 83.0 Å². The summed E-state index contributed by atoms with van der Waals surface area (Å²) < 4.78 is 40.8. The van der Waals surface area contributed by atoms with E-state index in [0.717, 1.165) is 12.1 Å². The highest BCUT2D eigenvalue weighted by atomic mass is 19.4. The number of halogens is 3. The van der Waals surface area contributed by atoms with Crippen molar-refractivity contribution in [1.82, 2.24) is 15.0 Å². The Kier molecular flexibility index (Phi) is 3.11. The molecule has 0 aliphatic rings. The van der Waals surface area contributed by atoms with Crippen molar-refractivity contribution in [3.63, 3.8) is 0 Å². The predicted molar refractivity (Wildman–Crippen MR) is 56.6 cm³/mol. The number of nitrogens with two attached hydrogens (primary N) is 1. The number of benzene rings is 1. The van der Waals surface area contributed by atoms with Gasteiger partial charge in [0, 0.05) is 0 Å². The van der Waals surface area contributed by atoms with Crippen LogP contribution in [0.15, 0.2) is 30.5 Å². The van der Waals surface area contributed by atoms with Gasteiger partial charge in [-0.3, -0.25) is 4.79 Å². The van der Waals surface area contributed by atoms with E-state index < -0.39 is 12.3 Å². The fourth-order valence-electron chi connectivity index (χ4n) is 1.30. The third-order valence-corrected chi connectivity index (χ3v) is 2.08. The average Bonchev–Trinajstić information content (AvgIpc) is 2.77. The zero-order valence-electron chi connectivity index (χ0n) is 9.26. The van der Waals surface area contributed by atoms with Crippen molar-refractivity contribution in [2.24, 2.45) is 5.73 Å². The first-order chi connectivity index (χ1) is 8.85. The molecule has 0 radical (unpaired) electrons. The second-order valence-electron chi connectivity index (χ2n) is 3.45. The Morgan fingerprint density at radius 1 is 1.26 bits per heavy atom. The Morgan fingerprint density at radius 3 is 2.37 bits per heavy atom. The molecule has 0 aliphatic heterocycles. The first kappa shape index (κ1) is 12.9. The summed E-state index contributed by atoms with van der Waals surface area (Å²) in [6.45, 7) is 0. The smallest absolute Gasteiger partial charge is 0.406 e. The molecule has 0 atom stereocenters. The highest BCUT2D eigenvalue weighted by Gasteiger charge is 2.30. The summed E-state index contributed by atoms with van der Waals surface area (Å²) in [6.07, 6.45) is -3.48. The van der Waals surface area contributed by atoms with E-state index in [-0.39, 0.29) is 11.4 Å². The molecule has 0 saturated heterocycles. The van der Waals surface area contributed by atoms with Gasteiger partial charge in [-0.05, 0) is 24.3 Å². The molecule has 100 valence electrons. The highest BCUT2D eigenvalue weighted by molar-refractivity contribution is 5.90. The predicted octanol–water partition coefficient (Wildman–Crippen LogP) is 1.26. The van der Waals surface area contributed by atoms with Crippen LogP contribution < -0.4 is 10.5 Å². The summed E-state index contributed by atoms with van der Waals surface area (Å²) in [4.78, 5) is 10.8. The third kappa shape index (κ3) is 3.21. The fraction of sp³-hybridized carbons (Fsp3) is 0.100. The zero-order valence-corrected chi connectivity index (χ0v) is 9.26. The van der Waals surface area contributed by atoms with E-state index in [0.29, 0.717) is 5.69 Å². The number of amides is 1. The molecule has 2 aromatic rings. The zero-order chi connectivity index (χ0) is 14.0. The minimum Gasteiger partial charge on any atom is -0.406 e. The van der Waals surface area contributed by atoms with Crippen molar-refractivity contribution in [3.8, 4) is 11.4 Å². The molecular formula is C10H7F3N4O2. The molecule has 0 bridgehead atoms. The summed E-state index contributed by atoms with van der Waals surface area (Å²) in [5.74, 6) is -1.10. The van der Waals surface area contributed by atoms with Gasteiger partial charge in [0.2, 0.25) is 0 Å². The van der Waals surface area contributed by atoms with Gasteiger partial charge in [0.15, 0.2) is 5.69 Å².